The molecule has 0 saturated carbocycles. The van der Waals surface area contributed by atoms with Gasteiger partial charge in [-0.3, -0.25) is 4.90 Å². The van der Waals surface area contributed by atoms with Crippen molar-refractivity contribution in [3.05, 3.63) is 64.7 Å². The summed E-state index contributed by atoms with van der Waals surface area (Å²) < 4.78 is 10.8. The van der Waals surface area contributed by atoms with E-state index in [0.717, 1.165) is 42.2 Å². The first kappa shape index (κ1) is 18.0. The third kappa shape index (κ3) is 3.70. The Balaban J connectivity index is 1.48. The highest BCUT2D eigenvalue weighted by molar-refractivity contribution is 6.03. The Morgan fingerprint density at radius 1 is 1.11 bits per heavy atom. The molecule has 0 N–H and O–H groups in total. The van der Waals surface area contributed by atoms with Gasteiger partial charge in [-0.2, -0.15) is 0 Å². The lowest BCUT2D eigenvalue weighted by Crippen LogP contribution is -2.23. The Morgan fingerprint density at radius 3 is 2.67 bits per heavy atom. The summed E-state index contributed by atoms with van der Waals surface area (Å²) >= 11 is 0. The summed E-state index contributed by atoms with van der Waals surface area (Å²) in [6, 6.07) is 14.8. The van der Waals surface area contributed by atoms with Gasteiger partial charge in [0.05, 0.1) is 25.3 Å². The van der Waals surface area contributed by atoms with Gasteiger partial charge in [0.15, 0.2) is 0 Å². The molecule has 142 valence electrons. The fraction of sp³-hybridized carbons (Fsp3) is 0.409. The van der Waals surface area contributed by atoms with E-state index >= 15 is 0 Å². The molecule has 0 aliphatic carbocycles. The maximum Gasteiger partial charge on any atom is 0.149 e. The average molecular weight is 366 g/mol. The van der Waals surface area contributed by atoms with Crippen molar-refractivity contribution in [1.82, 2.24) is 4.90 Å². The molecule has 0 amide bonds. The number of fused-ring (bicyclic) bond motifs is 1. The Bertz CT molecular complexity index is 832. The van der Waals surface area contributed by atoms with Gasteiger partial charge >= 0.3 is 0 Å². The van der Waals surface area contributed by atoms with Gasteiger partial charge in [0.25, 0.3) is 0 Å². The molecule has 1 fully saturated rings. The van der Waals surface area contributed by atoms with Crippen LogP contribution in [0.3, 0.4) is 0 Å². The number of oxime groups is 1. The second-order valence-corrected chi connectivity index (χ2v) is 7.37. The lowest BCUT2D eigenvalue weighted by molar-refractivity contribution is 0.0744. The van der Waals surface area contributed by atoms with E-state index in [-0.39, 0.29) is 6.10 Å². The molecule has 2 aromatic carbocycles. The monoisotopic (exact) mass is 366 g/mol. The molecule has 5 heteroatoms. The lowest BCUT2D eigenvalue weighted by atomic mass is 9.94. The van der Waals surface area contributed by atoms with Crippen molar-refractivity contribution in [2.24, 2.45) is 11.1 Å². The Labute approximate surface area is 160 Å². The average Bonchev–Trinajstić information content (AvgIpc) is 3.23. The van der Waals surface area contributed by atoms with Crippen molar-refractivity contribution >= 4 is 5.71 Å². The fourth-order valence-electron chi connectivity index (χ4n) is 3.99. The van der Waals surface area contributed by atoms with Crippen LogP contribution in [0.4, 0.5) is 0 Å². The van der Waals surface area contributed by atoms with E-state index in [1.807, 2.05) is 6.07 Å². The molecule has 0 aromatic heterocycles. The van der Waals surface area contributed by atoms with Crippen LogP contribution in [0.5, 0.6) is 5.75 Å². The van der Waals surface area contributed by atoms with Crippen molar-refractivity contribution < 1.29 is 14.3 Å². The number of benzene rings is 2. The van der Waals surface area contributed by atoms with E-state index < -0.39 is 0 Å². The van der Waals surface area contributed by atoms with Gasteiger partial charge < -0.3 is 14.3 Å². The smallest absolute Gasteiger partial charge is 0.149 e. The molecule has 0 unspecified atom stereocenters. The highest BCUT2D eigenvalue weighted by atomic mass is 16.6. The van der Waals surface area contributed by atoms with Crippen LogP contribution >= 0.6 is 0 Å². The van der Waals surface area contributed by atoms with Crippen LogP contribution in [0.15, 0.2) is 47.6 Å². The molecular formula is C22H26N2O3. The summed E-state index contributed by atoms with van der Waals surface area (Å²) in [6.45, 7) is 5.35. The SMILES string of the molecule is COCc1ccc(OC)c(CN2C[C@H]3ON=C(c4ccc(C)cc4)[C@@H]3C2)c1. The van der Waals surface area contributed by atoms with Gasteiger partial charge in [0.2, 0.25) is 0 Å². The van der Waals surface area contributed by atoms with Crippen molar-refractivity contribution in [3.8, 4) is 5.75 Å². The zero-order chi connectivity index (χ0) is 18.8. The van der Waals surface area contributed by atoms with Gasteiger partial charge in [-0.05, 0) is 30.2 Å². The van der Waals surface area contributed by atoms with Crippen molar-refractivity contribution in [2.75, 3.05) is 27.3 Å². The third-order valence-corrected chi connectivity index (χ3v) is 5.38. The molecule has 5 nitrogen and oxygen atoms in total. The van der Waals surface area contributed by atoms with Gasteiger partial charge in [0.1, 0.15) is 11.9 Å². The maximum absolute atomic E-state index is 5.76. The van der Waals surface area contributed by atoms with Gasteiger partial charge in [-0.15, -0.1) is 0 Å². The molecular weight excluding hydrogens is 340 g/mol. The number of hydrogen-bond donors (Lipinski definition) is 0. The van der Waals surface area contributed by atoms with Gasteiger partial charge in [-0.25, -0.2) is 0 Å². The van der Waals surface area contributed by atoms with Crippen LogP contribution in [0.25, 0.3) is 0 Å². The number of ether oxygens (including phenoxy) is 2. The number of methoxy groups -OCH3 is 2. The molecule has 4 rings (SSSR count). The van der Waals surface area contributed by atoms with Gasteiger partial charge in [0, 0.05) is 32.3 Å². The van der Waals surface area contributed by atoms with E-state index in [0.29, 0.717) is 12.5 Å². The minimum absolute atomic E-state index is 0.134. The molecule has 27 heavy (non-hydrogen) atoms. The van der Waals surface area contributed by atoms with E-state index in [4.69, 9.17) is 14.3 Å². The molecule has 2 aliphatic heterocycles. The van der Waals surface area contributed by atoms with Crippen LogP contribution < -0.4 is 4.74 Å². The summed E-state index contributed by atoms with van der Waals surface area (Å²) in [5.74, 6) is 1.24. The Morgan fingerprint density at radius 2 is 1.93 bits per heavy atom. The quantitative estimate of drug-likeness (QED) is 0.786. The minimum Gasteiger partial charge on any atom is -0.496 e. The highest BCUT2D eigenvalue weighted by Crippen LogP contribution is 2.32. The third-order valence-electron chi connectivity index (χ3n) is 5.38. The van der Waals surface area contributed by atoms with E-state index in [1.54, 1.807) is 14.2 Å². The van der Waals surface area contributed by atoms with Crippen LogP contribution in [0.2, 0.25) is 0 Å². The standard InChI is InChI=1S/C22H26N2O3/c1-15-4-7-17(8-5-15)22-19-12-24(13-21(19)27-23-22)11-18-10-16(14-25-2)6-9-20(18)26-3/h4-10,19,21H,11-14H2,1-3H3/t19-,21-/m1/s1. The second kappa shape index (κ2) is 7.71. The molecule has 2 aliphatic rings. The molecule has 0 spiro atoms. The number of hydrogen-bond acceptors (Lipinski definition) is 5. The first-order valence-corrected chi connectivity index (χ1v) is 9.35. The van der Waals surface area contributed by atoms with Crippen molar-refractivity contribution in [1.29, 1.82) is 0 Å². The topological polar surface area (TPSA) is 43.3 Å². The molecule has 0 radical (unpaired) electrons. The molecule has 1 saturated heterocycles. The summed E-state index contributed by atoms with van der Waals surface area (Å²) in [4.78, 5) is 8.18. The predicted molar refractivity (Wildman–Crippen MR) is 105 cm³/mol. The highest BCUT2D eigenvalue weighted by Gasteiger charge is 2.42. The molecule has 2 aromatic rings. The Kier molecular flexibility index (Phi) is 5.14. The van der Waals surface area contributed by atoms with Gasteiger partial charge in [-0.1, -0.05) is 41.1 Å². The summed E-state index contributed by atoms with van der Waals surface area (Å²) in [7, 11) is 3.44. The zero-order valence-electron chi connectivity index (χ0n) is 16.1. The molecule has 0 bridgehead atoms. The van der Waals surface area contributed by atoms with Crippen molar-refractivity contribution in [2.45, 2.75) is 26.2 Å². The van der Waals surface area contributed by atoms with Crippen LogP contribution in [-0.4, -0.2) is 44.0 Å². The second-order valence-electron chi connectivity index (χ2n) is 7.37. The first-order chi connectivity index (χ1) is 13.2. The number of likely N-dealkylation sites (tertiary alicyclic amines) is 1. The zero-order valence-corrected chi connectivity index (χ0v) is 16.1. The summed E-state index contributed by atoms with van der Waals surface area (Å²) in [6.07, 6.45) is 0.134. The maximum atomic E-state index is 5.76. The van der Waals surface area contributed by atoms with E-state index in [1.165, 1.54) is 11.1 Å². The van der Waals surface area contributed by atoms with E-state index in [9.17, 15) is 0 Å². The van der Waals surface area contributed by atoms with Crippen molar-refractivity contribution in [3.63, 3.8) is 0 Å². The number of rotatable bonds is 6. The summed E-state index contributed by atoms with van der Waals surface area (Å²) in [5.41, 5.74) is 5.83. The van der Waals surface area contributed by atoms with Crippen LogP contribution in [0, 0.1) is 12.8 Å². The van der Waals surface area contributed by atoms with Crippen LogP contribution in [-0.2, 0) is 22.7 Å². The Hall–Kier alpha value is -2.37. The first-order valence-electron chi connectivity index (χ1n) is 9.35. The normalized spacial score (nSPS) is 21.7. The van der Waals surface area contributed by atoms with Crippen LogP contribution in [0.1, 0.15) is 22.3 Å². The van der Waals surface area contributed by atoms with E-state index in [2.05, 4.69) is 53.4 Å². The molecule has 2 atom stereocenters. The lowest BCUT2D eigenvalue weighted by Gasteiger charge is -2.19. The largest absolute Gasteiger partial charge is 0.496 e. The minimum atomic E-state index is 0.134. The summed E-state index contributed by atoms with van der Waals surface area (Å²) in [5, 5.41) is 4.38. The number of aryl methyl sites for hydroxylation is 1. The molecule has 2 heterocycles. The fourth-order valence-corrected chi connectivity index (χ4v) is 3.99. The predicted octanol–water partition coefficient (Wildman–Crippen LogP) is 3.38. The number of nitrogens with zero attached hydrogens (tertiary/aromatic N) is 2.